The number of rotatable bonds is 3. The molecule has 0 unspecified atom stereocenters. The van der Waals surface area contributed by atoms with Crippen molar-refractivity contribution in [3.63, 3.8) is 0 Å². The first kappa shape index (κ1) is 12.4. The Bertz CT molecular complexity index is 541. The number of pyridine rings is 1. The van der Waals surface area contributed by atoms with Crippen LogP contribution in [0.15, 0.2) is 30.6 Å². The molecule has 0 aromatic carbocycles. The zero-order valence-electron chi connectivity index (χ0n) is 11.3. The maximum absolute atomic E-state index is 4.84. The molecule has 2 aromatic rings. The molecule has 1 saturated heterocycles. The Morgan fingerprint density at radius 2 is 2.16 bits per heavy atom. The zero-order valence-corrected chi connectivity index (χ0v) is 11.3. The Kier molecular flexibility index (Phi) is 3.60. The molecule has 4 nitrogen and oxygen atoms in total. The van der Waals surface area contributed by atoms with Gasteiger partial charge in [-0.2, -0.15) is 0 Å². The van der Waals surface area contributed by atoms with E-state index in [1.807, 2.05) is 12.4 Å². The van der Waals surface area contributed by atoms with E-state index in [1.54, 1.807) is 0 Å². The third-order valence-electron chi connectivity index (χ3n) is 3.79. The molecule has 3 rings (SSSR count). The summed E-state index contributed by atoms with van der Waals surface area (Å²) in [6.45, 7) is 4.32. The van der Waals surface area contributed by atoms with Crippen LogP contribution in [0.25, 0.3) is 5.82 Å². The summed E-state index contributed by atoms with van der Waals surface area (Å²) in [6.07, 6.45) is 7.12. The highest BCUT2D eigenvalue weighted by Gasteiger charge is 2.17. The normalized spacial score (nSPS) is 16.7. The van der Waals surface area contributed by atoms with Crippen LogP contribution in [0.3, 0.4) is 0 Å². The number of piperidine rings is 1. The van der Waals surface area contributed by atoms with Crippen LogP contribution in [0, 0.1) is 0 Å². The molecule has 3 heterocycles. The van der Waals surface area contributed by atoms with E-state index in [1.165, 1.54) is 18.5 Å². The highest BCUT2D eigenvalue weighted by molar-refractivity contribution is 5.28. The minimum atomic E-state index is 0.592. The molecule has 19 heavy (non-hydrogen) atoms. The van der Waals surface area contributed by atoms with Crippen molar-refractivity contribution in [2.24, 2.45) is 0 Å². The summed E-state index contributed by atoms with van der Waals surface area (Å²) in [5.74, 6) is 2.65. The minimum Gasteiger partial charge on any atom is -0.317 e. The molecule has 100 valence electrons. The van der Waals surface area contributed by atoms with Gasteiger partial charge in [-0.3, -0.25) is 4.57 Å². The number of nitrogens with one attached hydrogen (secondary N) is 1. The predicted octanol–water partition coefficient (Wildman–Crippen LogP) is 2.30. The van der Waals surface area contributed by atoms with E-state index >= 15 is 0 Å². The summed E-state index contributed by atoms with van der Waals surface area (Å²) in [5.41, 5.74) is 1.22. The lowest BCUT2D eigenvalue weighted by molar-refractivity contribution is 0.453. The first-order valence-electron chi connectivity index (χ1n) is 7.08. The Morgan fingerprint density at radius 1 is 1.32 bits per heavy atom. The molecule has 2 aromatic heterocycles. The van der Waals surface area contributed by atoms with Gasteiger partial charge in [-0.1, -0.05) is 13.0 Å². The number of aromatic nitrogens is 3. The van der Waals surface area contributed by atoms with Gasteiger partial charge in [0.1, 0.15) is 11.6 Å². The van der Waals surface area contributed by atoms with Gasteiger partial charge in [-0.25, -0.2) is 9.97 Å². The minimum absolute atomic E-state index is 0.592. The van der Waals surface area contributed by atoms with E-state index in [-0.39, 0.29) is 0 Å². The second-order valence-electron chi connectivity index (χ2n) is 5.01. The van der Waals surface area contributed by atoms with Crippen molar-refractivity contribution in [1.82, 2.24) is 19.9 Å². The Morgan fingerprint density at radius 3 is 2.95 bits per heavy atom. The molecule has 4 heteroatoms. The van der Waals surface area contributed by atoms with Gasteiger partial charge >= 0.3 is 0 Å². The molecule has 1 fully saturated rings. The molecular weight excluding hydrogens is 236 g/mol. The molecule has 0 bridgehead atoms. The first-order valence-corrected chi connectivity index (χ1v) is 7.08. The highest BCUT2D eigenvalue weighted by Crippen LogP contribution is 2.24. The smallest absolute Gasteiger partial charge is 0.138 e. The summed E-state index contributed by atoms with van der Waals surface area (Å²) in [5, 5.41) is 3.40. The Balaban J connectivity index is 1.91. The molecule has 1 N–H and O–H groups in total. The van der Waals surface area contributed by atoms with Crippen molar-refractivity contribution in [2.45, 2.75) is 32.1 Å². The average molecular weight is 256 g/mol. The van der Waals surface area contributed by atoms with E-state index in [0.717, 1.165) is 31.2 Å². The number of hydrogen-bond acceptors (Lipinski definition) is 3. The van der Waals surface area contributed by atoms with Gasteiger partial charge in [0.05, 0.1) is 0 Å². The van der Waals surface area contributed by atoms with Crippen LogP contribution in [0.4, 0.5) is 0 Å². The Hall–Kier alpha value is -1.68. The maximum atomic E-state index is 4.84. The van der Waals surface area contributed by atoms with Crippen LogP contribution in [0.2, 0.25) is 0 Å². The molecule has 1 aliphatic heterocycles. The van der Waals surface area contributed by atoms with Gasteiger partial charge < -0.3 is 5.32 Å². The van der Waals surface area contributed by atoms with Crippen LogP contribution < -0.4 is 5.32 Å². The van der Waals surface area contributed by atoms with Crippen LogP contribution in [-0.2, 0) is 6.42 Å². The van der Waals surface area contributed by atoms with Gasteiger partial charge in [0.25, 0.3) is 0 Å². The number of aryl methyl sites for hydroxylation is 1. The summed E-state index contributed by atoms with van der Waals surface area (Å²) in [4.78, 5) is 9.21. The van der Waals surface area contributed by atoms with E-state index in [0.29, 0.717) is 5.92 Å². The van der Waals surface area contributed by atoms with Gasteiger partial charge in [-0.05, 0) is 38.1 Å². The van der Waals surface area contributed by atoms with E-state index in [9.17, 15) is 0 Å². The maximum Gasteiger partial charge on any atom is 0.138 e. The topological polar surface area (TPSA) is 42.7 Å². The quantitative estimate of drug-likeness (QED) is 0.916. The number of nitrogens with zero attached hydrogens (tertiary/aromatic N) is 3. The number of hydrogen-bond donors (Lipinski definition) is 1. The van der Waals surface area contributed by atoms with E-state index < -0.39 is 0 Å². The molecule has 0 atom stereocenters. The van der Waals surface area contributed by atoms with Crippen molar-refractivity contribution in [2.75, 3.05) is 13.1 Å². The van der Waals surface area contributed by atoms with Gasteiger partial charge in [0, 0.05) is 30.4 Å². The van der Waals surface area contributed by atoms with Crippen molar-refractivity contribution < 1.29 is 0 Å². The second-order valence-corrected chi connectivity index (χ2v) is 5.01. The SMILES string of the molecule is CCc1nccn1-c1cccc(C2CCNCC2)n1. The van der Waals surface area contributed by atoms with Crippen LogP contribution >= 0.6 is 0 Å². The summed E-state index contributed by atoms with van der Waals surface area (Å²) in [7, 11) is 0. The van der Waals surface area contributed by atoms with Crippen molar-refractivity contribution in [3.8, 4) is 5.82 Å². The fourth-order valence-corrected chi connectivity index (χ4v) is 2.72. The van der Waals surface area contributed by atoms with Crippen molar-refractivity contribution in [3.05, 3.63) is 42.1 Å². The van der Waals surface area contributed by atoms with Gasteiger partial charge in [0.15, 0.2) is 0 Å². The zero-order chi connectivity index (χ0) is 13.1. The average Bonchev–Trinajstić information content (AvgIpc) is 2.97. The summed E-state index contributed by atoms with van der Waals surface area (Å²) >= 11 is 0. The lowest BCUT2D eigenvalue weighted by atomic mass is 9.94. The van der Waals surface area contributed by atoms with Crippen LogP contribution in [0.5, 0.6) is 0 Å². The fourth-order valence-electron chi connectivity index (χ4n) is 2.72. The second kappa shape index (κ2) is 5.53. The van der Waals surface area contributed by atoms with Crippen LogP contribution in [0.1, 0.15) is 37.2 Å². The molecule has 0 radical (unpaired) electrons. The van der Waals surface area contributed by atoms with Crippen LogP contribution in [-0.4, -0.2) is 27.6 Å². The third-order valence-corrected chi connectivity index (χ3v) is 3.79. The molecule has 1 aliphatic rings. The van der Waals surface area contributed by atoms with Crippen molar-refractivity contribution in [1.29, 1.82) is 0 Å². The first-order chi connectivity index (χ1) is 9.38. The predicted molar refractivity (Wildman–Crippen MR) is 75.6 cm³/mol. The molecule has 0 amide bonds. The Labute approximate surface area is 113 Å². The fraction of sp³-hybridized carbons (Fsp3) is 0.467. The van der Waals surface area contributed by atoms with Gasteiger partial charge in [0.2, 0.25) is 0 Å². The molecule has 0 aliphatic carbocycles. The lowest BCUT2D eigenvalue weighted by Gasteiger charge is -2.22. The summed E-state index contributed by atoms with van der Waals surface area (Å²) < 4.78 is 2.09. The van der Waals surface area contributed by atoms with E-state index in [4.69, 9.17) is 4.98 Å². The van der Waals surface area contributed by atoms with E-state index in [2.05, 4.69) is 40.0 Å². The monoisotopic (exact) mass is 256 g/mol. The molecule has 0 spiro atoms. The van der Waals surface area contributed by atoms with Gasteiger partial charge in [-0.15, -0.1) is 0 Å². The molecule has 0 saturated carbocycles. The molecular formula is C15H20N4. The summed E-state index contributed by atoms with van der Waals surface area (Å²) in [6, 6.07) is 6.33. The standard InChI is InChI=1S/C15H20N4/c1-2-14-17-10-11-19(14)15-5-3-4-13(18-15)12-6-8-16-9-7-12/h3-5,10-12,16H,2,6-9H2,1H3. The highest BCUT2D eigenvalue weighted by atomic mass is 15.1. The largest absolute Gasteiger partial charge is 0.317 e. The number of imidazole rings is 1. The van der Waals surface area contributed by atoms with Crippen molar-refractivity contribution >= 4 is 0 Å². The lowest BCUT2D eigenvalue weighted by Crippen LogP contribution is -2.27. The third kappa shape index (κ3) is 2.54.